The van der Waals surface area contributed by atoms with Crippen LogP contribution in [-0.2, 0) is 7.05 Å². The van der Waals surface area contributed by atoms with Gasteiger partial charge in [-0.15, -0.1) is 0 Å². The minimum atomic E-state index is -0.161. The number of rotatable bonds is 8. The third-order valence-corrected chi connectivity index (χ3v) is 5.84. The van der Waals surface area contributed by atoms with Crippen molar-refractivity contribution in [1.82, 2.24) is 9.47 Å². The molecular formula is C26H29N3O4. The summed E-state index contributed by atoms with van der Waals surface area (Å²) in [4.78, 5) is 25.8. The number of nitrogens with zero attached hydrogens (tertiary/aromatic N) is 3. The van der Waals surface area contributed by atoms with Crippen LogP contribution in [0.25, 0.3) is 0 Å². The van der Waals surface area contributed by atoms with Gasteiger partial charge in [0.05, 0.1) is 12.3 Å². The lowest BCUT2D eigenvalue weighted by Crippen LogP contribution is -2.29. The van der Waals surface area contributed by atoms with Gasteiger partial charge in [-0.3, -0.25) is 9.59 Å². The molecule has 1 amide bonds. The number of aryl methyl sites for hydroxylation is 2. The van der Waals surface area contributed by atoms with Crippen LogP contribution in [0.2, 0.25) is 0 Å². The van der Waals surface area contributed by atoms with E-state index in [4.69, 9.17) is 5.11 Å². The van der Waals surface area contributed by atoms with Crippen LogP contribution < -0.4 is 5.56 Å². The van der Waals surface area contributed by atoms with E-state index in [0.717, 1.165) is 16.7 Å². The highest BCUT2D eigenvalue weighted by atomic mass is 16.4. The molecule has 172 valence electrons. The highest BCUT2D eigenvalue weighted by molar-refractivity contribution is 6.00. The molecule has 1 aromatic heterocycles. The number of benzene rings is 2. The third kappa shape index (κ3) is 5.56. The Morgan fingerprint density at radius 3 is 2.33 bits per heavy atom. The molecule has 7 nitrogen and oxygen atoms in total. The quantitative estimate of drug-likeness (QED) is 0.315. The maximum absolute atomic E-state index is 12.5. The molecule has 3 rings (SSSR count). The molecule has 2 N–H and O–H groups in total. The summed E-state index contributed by atoms with van der Waals surface area (Å²) in [5.74, 6) is -0.292. The van der Waals surface area contributed by atoms with E-state index in [0.29, 0.717) is 23.3 Å². The van der Waals surface area contributed by atoms with E-state index in [1.54, 1.807) is 38.5 Å². The molecule has 0 aliphatic heterocycles. The molecule has 0 spiro atoms. The predicted molar refractivity (Wildman–Crippen MR) is 128 cm³/mol. The Morgan fingerprint density at radius 1 is 1.06 bits per heavy atom. The van der Waals surface area contributed by atoms with E-state index in [1.807, 2.05) is 43.3 Å². The van der Waals surface area contributed by atoms with Crippen LogP contribution in [0.3, 0.4) is 0 Å². The highest BCUT2D eigenvalue weighted by Crippen LogP contribution is 2.32. The van der Waals surface area contributed by atoms with Crippen molar-refractivity contribution in [3.05, 3.63) is 105 Å². The summed E-state index contributed by atoms with van der Waals surface area (Å²) in [6.45, 7) is 2.21. The van der Waals surface area contributed by atoms with Crippen LogP contribution in [0, 0.1) is 6.92 Å². The number of carbonyl (C=O) groups excluding carboxylic acids is 1. The Labute approximate surface area is 193 Å². The Bertz CT molecular complexity index is 1200. The Hall–Kier alpha value is -3.71. The molecule has 0 bridgehead atoms. The molecule has 1 unspecified atom stereocenters. The number of aliphatic hydroxyl groups is 1. The number of amides is 1. The summed E-state index contributed by atoms with van der Waals surface area (Å²) in [5.41, 5.74) is 4.67. The first-order chi connectivity index (χ1) is 15.8. The molecule has 0 saturated carbocycles. The topological polar surface area (TPSA) is 95.1 Å². The molecule has 2 aromatic carbocycles. The monoisotopic (exact) mass is 447 g/mol. The van der Waals surface area contributed by atoms with E-state index in [9.17, 15) is 14.8 Å². The van der Waals surface area contributed by atoms with Gasteiger partial charge in [0, 0.05) is 56.4 Å². The second-order valence-corrected chi connectivity index (χ2v) is 8.10. The van der Waals surface area contributed by atoms with Gasteiger partial charge in [0.15, 0.2) is 0 Å². The SMILES string of the molecule is Cc1ccccc1C(C/C(=N\O)c1ccc(=O)n(C)c1)c1ccc(C(=O)N(C)CCO)cc1. The normalized spacial score (nSPS) is 12.4. The molecule has 0 radical (unpaired) electrons. The number of aliphatic hydroxyl groups excluding tert-OH is 1. The molecule has 3 aromatic rings. The van der Waals surface area contributed by atoms with Crippen LogP contribution in [0.5, 0.6) is 0 Å². The van der Waals surface area contributed by atoms with E-state index in [2.05, 4.69) is 5.16 Å². The second-order valence-electron chi connectivity index (χ2n) is 8.10. The minimum absolute atomic E-state index is 0.0932. The Morgan fingerprint density at radius 2 is 1.73 bits per heavy atom. The number of aromatic nitrogens is 1. The fourth-order valence-electron chi connectivity index (χ4n) is 3.89. The Balaban J connectivity index is 1.99. The number of hydrogen-bond donors (Lipinski definition) is 2. The smallest absolute Gasteiger partial charge is 0.253 e. The lowest BCUT2D eigenvalue weighted by Gasteiger charge is -2.22. The van der Waals surface area contributed by atoms with Crippen LogP contribution in [-0.4, -0.2) is 51.6 Å². The van der Waals surface area contributed by atoms with Crippen LogP contribution in [0.15, 0.2) is 76.8 Å². The number of hydrogen-bond acceptors (Lipinski definition) is 5. The molecule has 1 atom stereocenters. The van der Waals surface area contributed by atoms with Crippen molar-refractivity contribution in [2.45, 2.75) is 19.3 Å². The highest BCUT2D eigenvalue weighted by Gasteiger charge is 2.21. The van der Waals surface area contributed by atoms with Gasteiger partial charge in [-0.25, -0.2) is 0 Å². The third-order valence-electron chi connectivity index (χ3n) is 5.84. The predicted octanol–water partition coefficient (Wildman–Crippen LogP) is 3.16. The van der Waals surface area contributed by atoms with Gasteiger partial charge in [-0.05, 0) is 41.8 Å². The molecule has 0 fully saturated rings. The van der Waals surface area contributed by atoms with E-state index >= 15 is 0 Å². The van der Waals surface area contributed by atoms with Crippen molar-refractivity contribution < 1.29 is 15.1 Å². The largest absolute Gasteiger partial charge is 0.411 e. The van der Waals surface area contributed by atoms with Crippen molar-refractivity contribution in [2.75, 3.05) is 20.2 Å². The van der Waals surface area contributed by atoms with Gasteiger partial charge < -0.3 is 19.8 Å². The summed E-state index contributed by atoms with van der Waals surface area (Å²) >= 11 is 0. The first kappa shape index (κ1) is 23.9. The number of oxime groups is 1. The molecular weight excluding hydrogens is 418 g/mol. The maximum atomic E-state index is 12.5. The maximum Gasteiger partial charge on any atom is 0.253 e. The number of carbonyl (C=O) groups is 1. The van der Waals surface area contributed by atoms with E-state index < -0.39 is 0 Å². The van der Waals surface area contributed by atoms with Gasteiger partial charge in [0.2, 0.25) is 5.56 Å². The van der Waals surface area contributed by atoms with Crippen molar-refractivity contribution in [1.29, 1.82) is 0 Å². The van der Waals surface area contributed by atoms with Crippen molar-refractivity contribution >= 4 is 11.6 Å². The summed E-state index contributed by atoms with van der Waals surface area (Å²) in [7, 11) is 3.31. The van der Waals surface area contributed by atoms with Crippen molar-refractivity contribution in [3.63, 3.8) is 0 Å². The lowest BCUT2D eigenvalue weighted by atomic mass is 9.83. The fourth-order valence-corrected chi connectivity index (χ4v) is 3.89. The number of pyridine rings is 1. The van der Waals surface area contributed by atoms with Crippen LogP contribution >= 0.6 is 0 Å². The first-order valence-electron chi connectivity index (χ1n) is 10.8. The van der Waals surface area contributed by atoms with Gasteiger partial charge in [-0.1, -0.05) is 41.6 Å². The molecule has 0 aliphatic rings. The van der Waals surface area contributed by atoms with Gasteiger partial charge in [-0.2, -0.15) is 0 Å². The molecule has 7 heteroatoms. The number of likely N-dealkylation sites (N-methyl/N-ethyl adjacent to an activating group) is 1. The summed E-state index contributed by atoms with van der Waals surface area (Å²) in [6.07, 6.45) is 2.06. The average molecular weight is 448 g/mol. The average Bonchev–Trinajstić information content (AvgIpc) is 2.82. The molecule has 1 heterocycles. The second kappa shape index (κ2) is 10.7. The molecule has 0 aliphatic carbocycles. The molecule has 33 heavy (non-hydrogen) atoms. The first-order valence-corrected chi connectivity index (χ1v) is 10.8. The summed E-state index contributed by atoms with van der Waals surface area (Å²) in [5, 5.41) is 22.5. The zero-order chi connectivity index (χ0) is 24.0. The zero-order valence-corrected chi connectivity index (χ0v) is 19.1. The lowest BCUT2D eigenvalue weighted by molar-refractivity contribution is 0.0767. The van der Waals surface area contributed by atoms with Crippen LogP contribution in [0.1, 0.15) is 45.0 Å². The van der Waals surface area contributed by atoms with Gasteiger partial charge >= 0.3 is 0 Å². The zero-order valence-electron chi connectivity index (χ0n) is 19.1. The summed E-state index contributed by atoms with van der Waals surface area (Å²) < 4.78 is 1.45. The molecule has 0 saturated heterocycles. The van der Waals surface area contributed by atoms with E-state index in [1.165, 1.54) is 15.5 Å². The van der Waals surface area contributed by atoms with Crippen LogP contribution in [0.4, 0.5) is 0 Å². The fraction of sp³-hybridized carbons (Fsp3) is 0.269. The van der Waals surface area contributed by atoms with E-state index in [-0.39, 0.29) is 30.5 Å². The van der Waals surface area contributed by atoms with Crippen molar-refractivity contribution in [2.24, 2.45) is 12.2 Å². The minimum Gasteiger partial charge on any atom is -0.411 e. The Kier molecular flexibility index (Phi) is 7.79. The standard InChI is InChI=1S/C26H29N3O4/c1-18-6-4-5-7-22(18)23(16-24(27-33)21-12-13-25(31)29(3)17-21)19-8-10-20(11-9-19)26(32)28(2)14-15-30/h4-13,17,23,30,33H,14-16H2,1-3H3/b27-24+. The van der Waals surface area contributed by atoms with Gasteiger partial charge in [0.25, 0.3) is 5.91 Å². The summed E-state index contributed by atoms with van der Waals surface area (Å²) in [6, 6.07) is 18.5. The van der Waals surface area contributed by atoms with Gasteiger partial charge in [0.1, 0.15) is 0 Å². The van der Waals surface area contributed by atoms with Crippen molar-refractivity contribution in [3.8, 4) is 0 Å².